The Morgan fingerprint density at radius 2 is 2.35 bits per heavy atom. The Kier molecular flexibility index (Phi) is 5.03. The van der Waals surface area contributed by atoms with Crippen molar-refractivity contribution in [3.8, 4) is 18.1 Å². The van der Waals surface area contributed by atoms with Crippen LogP contribution in [0.5, 0.6) is 5.75 Å². The maximum absolute atomic E-state index is 11.3. The zero-order valence-electron chi connectivity index (χ0n) is 11.7. The Bertz CT molecular complexity index is 520. The van der Waals surface area contributed by atoms with Crippen LogP contribution in [0.3, 0.4) is 0 Å². The number of hydrogen-bond acceptors (Lipinski definition) is 3. The van der Waals surface area contributed by atoms with Crippen molar-refractivity contribution in [2.24, 2.45) is 0 Å². The number of carbonyl (C=O) groups excluding carboxylic acids is 1. The molecule has 1 aliphatic rings. The van der Waals surface area contributed by atoms with E-state index in [9.17, 15) is 4.79 Å². The van der Waals surface area contributed by atoms with E-state index in [-0.39, 0.29) is 18.6 Å². The molecule has 1 aromatic carbocycles. The molecule has 0 fully saturated rings. The predicted octanol–water partition coefficient (Wildman–Crippen LogP) is 2.47. The Morgan fingerprint density at radius 1 is 1.50 bits per heavy atom. The van der Waals surface area contributed by atoms with Gasteiger partial charge in [-0.2, -0.15) is 0 Å². The number of hydrogen-bond donors (Lipinski definition) is 2. The molecule has 0 spiro atoms. The van der Waals surface area contributed by atoms with E-state index in [1.165, 1.54) is 0 Å². The fourth-order valence-electron chi connectivity index (χ4n) is 2.16. The molecule has 0 aromatic heterocycles. The third kappa shape index (κ3) is 3.75. The molecule has 1 amide bonds. The molecule has 0 saturated heterocycles. The van der Waals surface area contributed by atoms with Crippen LogP contribution in [0.1, 0.15) is 37.8 Å². The molecular formula is C16H20N2O2. The largest absolute Gasteiger partial charge is 0.482 e. The fourth-order valence-corrected chi connectivity index (χ4v) is 2.16. The number of unbranched alkanes of at least 4 members (excludes halogenated alkanes) is 2. The summed E-state index contributed by atoms with van der Waals surface area (Å²) in [6.07, 6.45) is 8.17. The van der Waals surface area contributed by atoms with E-state index in [1.807, 2.05) is 18.2 Å². The molecule has 1 unspecified atom stereocenters. The van der Waals surface area contributed by atoms with E-state index in [1.54, 1.807) is 0 Å². The first-order valence-corrected chi connectivity index (χ1v) is 6.94. The van der Waals surface area contributed by atoms with Gasteiger partial charge in [-0.05, 0) is 44.0 Å². The number of carbonyl (C=O) groups is 1. The first kappa shape index (κ1) is 14.4. The summed E-state index contributed by atoms with van der Waals surface area (Å²) in [6, 6.07) is 6.12. The van der Waals surface area contributed by atoms with Gasteiger partial charge in [0.05, 0.1) is 5.69 Å². The summed E-state index contributed by atoms with van der Waals surface area (Å²) < 4.78 is 5.34. The topological polar surface area (TPSA) is 50.4 Å². The molecule has 106 valence electrons. The van der Waals surface area contributed by atoms with Crippen LogP contribution >= 0.6 is 0 Å². The summed E-state index contributed by atoms with van der Waals surface area (Å²) in [7, 11) is 0. The highest BCUT2D eigenvalue weighted by molar-refractivity contribution is 5.95. The van der Waals surface area contributed by atoms with Gasteiger partial charge in [0, 0.05) is 12.5 Å². The summed E-state index contributed by atoms with van der Waals surface area (Å²) >= 11 is 0. The lowest BCUT2D eigenvalue weighted by molar-refractivity contribution is -0.118. The van der Waals surface area contributed by atoms with Crippen LogP contribution in [0.25, 0.3) is 0 Å². The summed E-state index contributed by atoms with van der Waals surface area (Å²) in [5, 5.41) is 6.28. The Morgan fingerprint density at radius 3 is 3.15 bits per heavy atom. The Labute approximate surface area is 119 Å². The van der Waals surface area contributed by atoms with E-state index in [0.717, 1.165) is 42.8 Å². The van der Waals surface area contributed by atoms with E-state index in [0.29, 0.717) is 0 Å². The second-order valence-corrected chi connectivity index (χ2v) is 4.93. The van der Waals surface area contributed by atoms with Crippen molar-refractivity contribution in [1.82, 2.24) is 5.32 Å². The Balaban J connectivity index is 1.90. The summed E-state index contributed by atoms with van der Waals surface area (Å²) in [4.78, 5) is 11.3. The highest BCUT2D eigenvalue weighted by Gasteiger charge is 2.17. The number of nitrogens with one attached hydrogen (secondary N) is 2. The van der Waals surface area contributed by atoms with Crippen molar-refractivity contribution in [2.75, 3.05) is 18.5 Å². The van der Waals surface area contributed by atoms with Crippen LogP contribution in [0, 0.1) is 12.3 Å². The molecule has 1 aliphatic heterocycles. The highest BCUT2D eigenvalue weighted by atomic mass is 16.5. The zero-order chi connectivity index (χ0) is 14.4. The van der Waals surface area contributed by atoms with Gasteiger partial charge in [-0.3, -0.25) is 4.79 Å². The molecule has 1 aromatic rings. The standard InChI is InChI=1S/C16H20N2O2/c1-3-4-5-6-9-17-12(2)13-7-8-15-14(10-13)18-16(19)11-20-15/h1,7-8,10,12,17H,4-6,9,11H2,2H3,(H,18,19). The predicted molar refractivity (Wildman–Crippen MR) is 79.7 cm³/mol. The molecular weight excluding hydrogens is 252 g/mol. The summed E-state index contributed by atoms with van der Waals surface area (Å²) in [5.74, 6) is 3.27. The van der Waals surface area contributed by atoms with Crippen LogP contribution in [-0.4, -0.2) is 19.1 Å². The lowest BCUT2D eigenvalue weighted by Crippen LogP contribution is -2.26. The lowest BCUT2D eigenvalue weighted by Gasteiger charge is -2.21. The molecule has 2 rings (SSSR count). The number of fused-ring (bicyclic) bond motifs is 1. The molecule has 1 atom stereocenters. The van der Waals surface area contributed by atoms with Gasteiger partial charge >= 0.3 is 0 Å². The van der Waals surface area contributed by atoms with E-state index in [4.69, 9.17) is 11.2 Å². The zero-order valence-corrected chi connectivity index (χ0v) is 11.7. The maximum Gasteiger partial charge on any atom is 0.262 e. The van der Waals surface area contributed by atoms with Crippen molar-refractivity contribution in [1.29, 1.82) is 0 Å². The Hall–Kier alpha value is -1.99. The number of ether oxygens (including phenoxy) is 1. The molecule has 0 saturated carbocycles. The lowest BCUT2D eigenvalue weighted by atomic mass is 10.1. The molecule has 0 radical (unpaired) electrons. The average Bonchev–Trinajstić information content (AvgIpc) is 2.46. The summed E-state index contributed by atoms with van der Waals surface area (Å²) in [6.45, 7) is 3.13. The first-order chi connectivity index (χ1) is 9.70. The van der Waals surface area contributed by atoms with Crippen molar-refractivity contribution in [3.05, 3.63) is 23.8 Å². The molecule has 4 heteroatoms. The molecule has 4 nitrogen and oxygen atoms in total. The van der Waals surface area contributed by atoms with Crippen LogP contribution < -0.4 is 15.4 Å². The fraction of sp³-hybridized carbons (Fsp3) is 0.438. The smallest absolute Gasteiger partial charge is 0.262 e. The second kappa shape index (κ2) is 6.97. The highest BCUT2D eigenvalue weighted by Crippen LogP contribution is 2.30. The third-order valence-electron chi connectivity index (χ3n) is 3.33. The van der Waals surface area contributed by atoms with Gasteiger partial charge in [-0.25, -0.2) is 0 Å². The number of amides is 1. The average molecular weight is 272 g/mol. The molecule has 20 heavy (non-hydrogen) atoms. The van der Waals surface area contributed by atoms with Crippen molar-refractivity contribution in [3.63, 3.8) is 0 Å². The molecule has 1 heterocycles. The quantitative estimate of drug-likeness (QED) is 0.618. The van der Waals surface area contributed by atoms with Gasteiger partial charge in [0.1, 0.15) is 5.75 Å². The second-order valence-electron chi connectivity index (χ2n) is 4.93. The van der Waals surface area contributed by atoms with Crippen molar-refractivity contribution in [2.45, 2.75) is 32.2 Å². The van der Waals surface area contributed by atoms with Gasteiger partial charge in [-0.15, -0.1) is 12.3 Å². The van der Waals surface area contributed by atoms with Gasteiger partial charge in [0.2, 0.25) is 0 Å². The molecule has 0 aliphatic carbocycles. The normalized spacial score (nSPS) is 14.7. The maximum atomic E-state index is 11.3. The monoisotopic (exact) mass is 272 g/mol. The van der Waals surface area contributed by atoms with Gasteiger partial charge in [0.15, 0.2) is 6.61 Å². The van der Waals surface area contributed by atoms with Gasteiger partial charge < -0.3 is 15.4 Å². The van der Waals surface area contributed by atoms with Crippen LogP contribution in [0.2, 0.25) is 0 Å². The van der Waals surface area contributed by atoms with Crippen molar-refractivity contribution < 1.29 is 9.53 Å². The number of anilines is 1. The number of terminal acetylenes is 1. The van der Waals surface area contributed by atoms with E-state index >= 15 is 0 Å². The minimum Gasteiger partial charge on any atom is -0.482 e. The van der Waals surface area contributed by atoms with Crippen molar-refractivity contribution >= 4 is 11.6 Å². The minimum absolute atomic E-state index is 0.0926. The molecule has 0 bridgehead atoms. The van der Waals surface area contributed by atoms with E-state index < -0.39 is 0 Å². The summed E-state index contributed by atoms with van der Waals surface area (Å²) in [5.41, 5.74) is 1.88. The first-order valence-electron chi connectivity index (χ1n) is 6.94. The van der Waals surface area contributed by atoms with Crippen LogP contribution in [0.4, 0.5) is 5.69 Å². The SMILES string of the molecule is C#CCCCCNC(C)c1ccc2c(c1)NC(=O)CO2. The van der Waals surface area contributed by atoms with E-state index in [2.05, 4.69) is 23.5 Å². The van der Waals surface area contributed by atoms with Crippen LogP contribution in [0.15, 0.2) is 18.2 Å². The van der Waals surface area contributed by atoms with Gasteiger partial charge in [-0.1, -0.05) is 6.07 Å². The van der Waals surface area contributed by atoms with Gasteiger partial charge in [0.25, 0.3) is 5.91 Å². The number of benzene rings is 1. The minimum atomic E-state index is -0.107. The number of rotatable bonds is 6. The van der Waals surface area contributed by atoms with Crippen LogP contribution in [-0.2, 0) is 4.79 Å². The third-order valence-corrected chi connectivity index (χ3v) is 3.33. The molecule has 2 N–H and O–H groups in total.